The summed E-state index contributed by atoms with van der Waals surface area (Å²) in [5.41, 5.74) is 2.99. The predicted molar refractivity (Wildman–Crippen MR) is 114 cm³/mol. The number of hydrogen-bond acceptors (Lipinski definition) is 5. The molecule has 0 unspecified atom stereocenters. The van der Waals surface area contributed by atoms with Gasteiger partial charge < -0.3 is 10.1 Å². The Hall–Kier alpha value is -4.00. The van der Waals surface area contributed by atoms with E-state index in [0.717, 1.165) is 16.9 Å². The van der Waals surface area contributed by atoms with E-state index in [1.165, 1.54) is 0 Å². The summed E-state index contributed by atoms with van der Waals surface area (Å²) in [4.78, 5) is 12.8. The van der Waals surface area contributed by atoms with Crippen LogP contribution >= 0.6 is 0 Å². The molecule has 30 heavy (non-hydrogen) atoms. The Kier molecular flexibility index (Phi) is 5.80. The van der Waals surface area contributed by atoms with E-state index in [1.807, 2.05) is 73.7 Å². The number of nitrogens with zero attached hydrogens (tertiary/aromatic N) is 4. The first-order chi connectivity index (χ1) is 14.7. The number of aryl methyl sites for hydroxylation is 1. The van der Waals surface area contributed by atoms with E-state index in [0.29, 0.717) is 30.2 Å². The second kappa shape index (κ2) is 9.00. The minimum absolute atomic E-state index is 0.200. The van der Waals surface area contributed by atoms with Crippen LogP contribution in [-0.4, -0.2) is 26.1 Å². The van der Waals surface area contributed by atoms with Gasteiger partial charge >= 0.3 is 0 Å². The molecule has 0 spiro atoms. The molecule has 1 N–H and O–H groups in total. The van der Waals surface area contributed by atoms with Crippen molar-refractivity contribution < 1.29 is 9.53 Å². The van der Waals surface area contributed by atoms with Gasteiger partial charge in [-0.25, -0.2) is 4.68 Å². The lowest BCUT2D eigenvalue weighted by Crippen LogP contribution is -2.12. The van der Waals surface area contributed by atoms with Gasteiger partial charge in [0.15, 0.2) is 5.82 Å². The van der Waals surface area contributed by atoms with Crippen LogP contribution in [0.1, 0.15) is 22.8 Å². The smallest absolute Gasteiger partial charge is 0.255 e. The minimum Gasteiger partial charge on any atom is -0.489 e. The molecule has 0 fully saturated rings. The van der Waals surface area contributed by atoms with E-state index in [4.69, 9.17) is 4.74 Å². The number of aromatic nitrogens is 4. The number of rotatable bonds is 7. The minimum atomic E-state index is -0.200. The molecule has 0 saturated heterocycles. The van der Waals surface area contributed by atoms with Crippen LogP contribution in [0.3, 0.4) is 0 Å². The molecule has 0 saturated carbocycles. The third-order valence-electron chi connectivity index (χ3n) is 4.55. The summed E-state index contributed by atoms with van der Waals surface area (Å²) in [6.45, 7) is 3.03. The molecule has 3 aromatic carbocycles. The second-order valence-electron chi connectivity index (χ2n) is 6.66. The number of tetrazole rings is 1. The largest absolute Gasteiger partial charge is 0.489 e. The van der Waals surface area contributed by atoms with Gasteiger partial charge in [-0.2, -0.15) is 0 Å². The van der Waals surface area contributed by atoms with Crippen molar-refractivity contribution >= 4 is 11.6 Å². The average molecular weight is 399 g/mol. The van der Waals surface area contributed by atoms with Crippen molar-refractivity contribution in [3.8, 4) is 17.1 Å². The Morgan fingerprint density at radius 2 is 1.83 bits per heavy atom. The van der Waals surface area contributed by atoms with E-state index in [1.54, 1.807) is 16.8 Å². The van der Waals surface area contributed by atoms with Gasteiger partial charge in [0.1, 0.15) is 12.4 Å². The van der Waals surface area contributed by atoms with Crippen LogP contribution in [0, 0.1) is 0 Å². The predicted octanol–water partition coefficient (Wildman–Crippen LogP) is 4.19. The molecule has 0 aliphatic carbocycles. The van der Waals surface area contributed by atoms with Gasteiger partial charge in [0, 0.05) is 23.4 Å². The Bertz CT molecular complexity index is 1140. The molecule has 1 aromatic heterocycles. The Labute approximate surface area is 174 Å². The third-order valence-corrected chi connectivity index (χ3v) is 4.55. The number of amides is 1. The molecule has 150 valence electrons. The molecular weight excluding hydrogens is 378 g/mol. The van der Waals surface area contributed by atoms with Gasteiger partial charge in [0.25, 0.3) is 5.91 Å². The standard InChI is InChI=1S/C23H21N5O2/c1-2-28-22(25-26-27-28)18-9-7-10-19(15-18)23(29)24-20-11-6-8-17(14-20)16-30-21-12-4-3-5-13-21/h3-15H,2,16H2,1H3,(H,24,29). The van der Waals surface area contributed by atoms with Gasteiger partial charge in [0.05, 0.1) is 0 Å². The number of carbonyl (C=O) groups excluding carboxylic acids is 1. The van der Waals surface area contributed by atoms with E-state index in [-0.39, 0.29) is 5.91 Å². The molecule has 0 atom stereocenters. The number of anilines is 1. The zero-order chi connectivity index (χ0) is 20.8. The second-order valence-corrected chi connectivity index (χ2v) is 6.66. The molecule has 0 aliphatic rings. The fourth-order valence-electron chi connectivity index (χ4n) is 3.05. The lowest BCUT2D eigenvalue weighted by molar-refractivity contribution is 0.102. The first-order valence-corrected chi connectivity index (χ1v) is 9.67. The highest BCUT2D eigenvalue weighted by molar-refractivity contribution is 6.04. The molecule has 4 aromatic rings. The van der Waals surface area contributed by atoms with Gasteiger partial charge in [-0.15, -0.1) is 5.10 Å². The zero-order valence-electron chi connectivity index (χ0n) is 16.5. The summed E-state index contributed by atoms with van der Waals surface area (Å²) < 4.78 is 7.47. The summed E-state index contributed by atoms with van der Waals surface area (Å²) in [7, 11) is 0. The molecule has 7 heteroatoms. The zero-order valence-corrected chi connectivity index (χ0v) is 16.5. The van der Waals surface area contributed by atoms with Crippen molar-refractivity contribution in [1.82, 2.24) is 20.2 Å². The molecule has 0 aliphatic heterocycles. The van der Waals surface area contributed by atoms with Crippen LogP contribution in [0.2, 0.25) is 0 Å². The van der Waals surface area contributed by atoms with Crippen molar-refractivity contribution in [3.05, 3.63) is 90.0 Å². The lowest BCUT2D eigenvalue weighted by Gasteiger charge is -2.10. The third kappa shape index (κ3) is 4.52. The Balaban J connectivity index is 1.46. The van der Waals surface area contributed by atoms with Gasteiger partial charge in [-0.3, -0.25) is 4.79 Å². The topological polar surface area (TPSA) is 81.9 Å². The highest BCUT2D eigenvalue weighted by Crippen LogP contribution is 2.19. The highest BCUT2D eigenvalue weighted by Gasteiger charge is 2.12. The maximum absolute atomic E-state index is 12.8. The van der Waals surface area contributed by atoms with Crippen molar-refractivity contribution in [2.24, 2.45) is 0 Å². The fraction of sp³-hybridized carbons (Fsp3) is 0.130. The Morgan fingerprint density at radius 3 is 2.67 bits per heavy atom. The van der Waals surface area contributed by atoms with Gasteiger partial charge in [-0.05, 0) is 59.3 Å². The van der Waals surface area contributed by atoms with E-state index in [9.17, 15) is 4.79 Å². The van der Waals surface area contributed by atoms with Crippen LogP contribution in [-0.2, 0) is 13.2 Å². The quantitative estimate of drug-likeness (QED) is 0.504. The molecule has 1 heterocycles. The average Bonchev–Trinajstić information content (AvgIpc) is 3.28. The summed E-state index contributed by atoms with van der Waals surface area (Å²) in [5.74, 6) is 1.24. The van der Waals surface area contributed by atoms with Crippen molar-refractivity contribution in [2.45, 2.75) is 20.1 Å². The molecular formula is C23H21N5O2. The highest BCUT2D eigenvalue weighted by atomic mass is 16.5. The number of para-hydroxylation sites is 1. The summed E-state index contributed by atoms with van der Waals surface area (Å²) >= 11 is 0. The molecule has 7 nitrogen and oxygen atoms in total. The number of ether oxygens (including phenoxy) is 1. The van der Waals surface area contributed by atoms with Crippen LogP contribution in [0.15, 0.2) is 78.9 Å². The monoisotopic (exact) mass is 399 g/mol. The molecule has 4 rings (SSSR count). The van der Waals surface area contributed by atoms with Crippen molar-refractivity contribution in [1.29, 1.82) is 0 Å². The Morgan fingerprint density at radius 1 is 1.00 bits per heavy atom. The maximum atomic E-state index is 12.8. The number of nitrogens with one attached hydrogen (secondary N) is 1. The summed E-state index contributed by atoms with van der Waals surface area (Å²) in [6.07, 6.45) is 0. The van der Waals surface area contributed by atoms with E-state index >= 15 is 0 Å². The van der Waals surface area contributed by atoms with E-state index < -0.39 is 0 Å². The van der Waals surface area contributed by atoms with E-state index in [2.05, 4.69) is 20.8 Å². The fourth-order valence-corrected chi connectivity index (χ4v) is 3.05. The first-order valence-electron chi connectivity index (χ1n) is 9.67. The SMILES string of the molecule is CCn1nnnc1-c1cccc(C(=O)Nc2cccc(COc3ccccc3)c2)c1. The molecule has 1 amide bonds. The lowest BCUT2D eigenvalue weighted by atomic mass is 10.1. The summed E-state index contributed by atoms with van der Waals surface area (Å²) in [5, 5.41) is 14.7. The number of hydrogen-bond donors (Lipinski definition) is 1. The van der Waals surface area contributed by atoms with Crippen molar-refractivity contribution in [2.75, 3.05) is 5.32 Å². The van der Waals surface area contributed by atoms with Crippen LogP contribution in [0.25, 0.3) is 11.4 Å². The molecule has 0 bridgehead atoms. The first kappa shape index (κ1) is 19.3. The van der Waals surface area contributed by atoms with Crippen LogP contribution in [0.4, 0.5) is 5.69 Å². The maximum Gasteiger partial charge on any atom is 0.255 e. The summed E-state index contributed by atoms with van der Waals surface area (Å²) in [6, 6.07) is 24.5. The van der Waals surface area contributed by atoms with Crippen LogP contribution in [0.5, 0.6) is 5.75 Å². The number of carbonyl (C=O) groups is 1. The normalized spacial score (nSPS) is 10.6. The number of benzene rings is 3. The van der Waals surface area contributed by atoms with Crippen LogP contribution < -0.4 is 10.1 Å². The van der Waals surface area contributed by atoms with Crippen molar-refractivity contribution in [3.63, 3.8) is 0 Å². The van der Waals surface area contributed by atoms with Gasteiger partial charge in [0.2, 0.25) is 0 Å². The van der Waals surface area contributed by atoms with Gasteiger partial charge in [-0.1, -0.05) is 42.5 Å². The molecule has 0 radical (unpaired) electrons.